The fraction of sp³-hybridized carbons (Fsp3) is 0.111. The lowest BCUT2D eigenvalue weighted by molar-refractivity contribution is 0.233. The van der Waals surface area contributed by atoms with Crippen LogP contribution in [0.15, 0.2) is 70.6 Å². The second kappa shape index (κ2) is 6.62. The lowest BCUT2D eigenvalue weighted by Gasteiger charge is -2.11. The van der Waals surface area contributed by atoms with Crippen molar-refractivity contribution in [3.8, 4) is 11.4 Å². The van der Waals surface area contributed by atoms with Gasteiger partial charge in [0.1, 0.15) is 6.10 Å². The molecule has 0 aliphatic carbocycles. The minimum atomic E-state index is -3.29. The van der Waals surface area contributed by atoms with Gasteiger partial charge in [-0.2, -0.15) is 4.98 Å². The molecule has 0 aliphatic rings. The second-order valence-corrected chi connectivity index (χ2v) is 7.57. The first-order valence-electron chi connectivity index (χ1n) is 7.42. The molecule has 3 rings (SSSR count). The molecule has 1 unspecified atom stereocenters. The Morgan fingerprint density at radius 2 is 1.76 bits per heavy atom. The predicted octanol–water partition coefficient (Wildman–Crippen LogP) is 2.89. The lowest BCUT2D eigenvalue weighted by atomic mass is 10.0. The summed E-state index contributed by atoms with van der Waals surface area (Å²) in [4.78, 5) is 4.43. The van der Waals surface area contributed by atoms with Gasteiger partial charge in [-0.05, 0) is 17.7 Å². The molecule has 0 bridgehead atoms. The van der Waals surface area contributed by atoms with Crippen molar-refractivity contribution in [1.82, 2.24) is 10.1 Å². The minimum absolute atomic E-state index is 0.124. The van der Waals surface area contributed by atoms with E-state index in [9.17, 15) is 13.5 Å². The summed E-state index contributed by atoms with van der Waals surface area (Å²) in [5.74, 6) is 0.523. The molecule has 0 spiro atoms. The molecule has 0 radical (unpaired) electrons. The number of sulfone groups is 1. The van der Waals surface area contributed by atoms with Crippen LogP contribution in [0.5, 0.6) is 0 Å². The molecule has 25 heavy (non-hydrogen) atoms. The van der Waals surface area contributed by atoms with Crippen molar-refractivity contribution in [3.63, 3.8) is 0 Å². The Bertz CT molecular complexity index is 993. The fourth-order valence-electron chi connectivity index (χ4n) is 2.27. The van der Waals surface area contributed by atoms with Crippen molar-refractivity contribution in [2.75, 3.05) is 6.26 Å². The molecule has 0 fully saturated rings. The van der Waals surface area contributed by atoms with Gasteiger partial charge in [-0.3, -0.25) is 0 Å². The van der Waals surface area contributed by atoms with Crippen molar-refractivity contribution in [1.29, 1.82) is 0 Å². The Morgan fingerprint density at radius 1 is 1.12 bits per heavy atom. The highest BCUT2D eigenvalue weighted by molar-refractivity contribution is 7.90. The van der Waals surface area contributed by atoms with Crippen LogP contribution in [0.3, 0.4) is 0 Å². The number of hydrogen-bond donors (Lipinski definition) is 1. The first kappa shape index (κ1) is 17.1. The van der Waals surface area contributed by atoms with Crippen molar-refractivity contribution in [3.05, 3.63) is 72.6 Å². The van der Waals surface area contributed by atoms with Crippen LogP contribution in [0.1, 0.15) is 17.6 Å². The van der Waals surface area contributed by atoms with Crippen LogP contribution in [-0.4, -0.2) is 29.9 Å². The zero-order chi connectivity index (χ0) is 18.0. The lowest BCUT2D eigenvalue weighted by Crippen LogP contribution is -2.02. The average Bonchev–Trinajstić information content (AvgIpc) is 3.11. The van der Waals surface area contributed by atoms with Crippen LogP contribution in [0, 0.1) is 0 Å². The Balaban J connectivity index is 1.82. The van der Waals surface area contributed by atoms with E-state index in [1.807, 2.05) is 30.3 Å². The highest BCUT2D eigenvalue weighted by Gasteiger charge is 2.20. The average molecular weight is 356 g/mol. The Hall–Kier alpha value is -2.77. The van der Waals surface area contributed by atoms with Gasteiger partial charge in [-0.15, -0.1) is 0 Å². The topological polar surface area (TPSA) is 93.3 Å². The molecule has 0 saturated carbocycles. The summed E-state index contributed by atoms with van der Waals surface area (Å²) < 4.78 is 28.2. The maximum absolute atomic E-state index is 11.5. The Morgan fingerprint density at radius 3 is 2.36 bits per heavy atom. The number of benzene rings is 2. The quantitative estimate of drug-likeness (QED) is 0.755. The number of nitrogens with zero attached hydrogens (tertiary/aromatic N) is 2. The molecule has 0 amide bonds. The monoisotopic (exact) mass is 356 g/mol. The Labute approximate surface area is 145 Å². The van der Waals surface area contributed by atoms with Crippen LogP contribution in [0.4, 0.5) is 0 Å². The molecule has 3 aromatic rings. The minimum Gasteiger partial charge on any atom is -0.383 e. The first-order chi connectivity index (χ1) is 11.9. The van der Waals surface area contributed by atoms with Crippen molar-refractivity contribution >= 4 is 15.4 Å². The van der Waals surface area contributed by atoms with Gasteiger partial charge in [0.15, 0.2) is 9.84 Å². The third kappa shape index (κ3) is 3.67. The fourth-order valence-corrected chi connectivity index (χ4v) is 2.90. The summed E-state index contributed by atoms with van der Waals surface area (Å²) >= 11 is 0. The van der Waals surface area contributed by atoms with Gasteiger partial charge < -0.3 is 9.63 Å². The number of aliphatic hydroxyl groups excluding tert-OH is 1. The van der Waals surface area contributed by atoms with E-state index in [0.29, 0.717) is 11.4 Å². The summed E-state index contributed by atoms with van der Waals surface area (Å²) in [7, 11) is -3.29. The molecule has 1 heterocycles. The van der Waals surface area contributed by atoms with Gasteiger partial charge in [0.05, 0.1) is 4.90 Å². The van der Waals surface area contributed by atoms with Crippen molar-refractivity contribution in [2.45, 2.75) is 11.0 Å². The summed E-state index contributed by atoms with van der Waals surface area (Å²) in [5.41, 5.74) is 1.51. The van der Waals surface area contributed by atoms with E-state index < -0.39 is 15.9 Å². The van der Waals surface area contributed by atoms with E-state index in [0.717, 1.165) is 11.8 Å². The largest absolute Gasteiger partial charge is 0.383 e. The number of aromatic nitrogens is 2. The zero-order valence-corrected chi connectivity index (χ0v) is 14.3. The predicted molar refractivity (Wildman–Crippen MR) is 93.3 cm³/mol. The summed E-state index contributed by atoms with van der Waals surface area (Å²) in [6, 6.07) is 15.2. The van der Waals surface area contributed by atoms with Gasteiger partial charge >= 0.3 is 0 Å². The normalized spacial score (nSPS) is 12.7. The van der Waals surface area contributed by atoms with E-state index in [1.165, 1.54) is 24.3 Å². The highest BCUT2D eigenvalue weighted by atomic mass is 32.2. The van der Waals surface area contributed by atoms with Crippen LogP contribution in [0.25, 0.3) is 17.0 Å². The zero-order valence-electron chi connectivity index (χ0n) is 13.5. The van der Waals surface area contributed by atoms with Gasteiger partial charge in [0.25, 0.3) is 5.89 Å². The molecular formula is C18H16N2O4S. The molecule has 2 aromatic carbocycles. The third-order valence-corrected chi connectivity index (χ3v) is 4.82. The summed E-state index contributed by atoms with van der Waals surface area (Å²) in [5, 5.41) is 14.3. The second-order valence-electron chi connectivity index (χ2n) is 5.56. The van der Waals surface area contributed by atoms with E-state index in [1.54, 1.807) is 0 Å². The molecule has 1 N–H and O–H groups in total. The van der Waals surface area contributed by atoms with Crippen LogP contribution >= 0.6 is 0 Å². The molecule has 0 aliphatic heterocycles. The van der Waals surface area contributed by atoms with Gasteiger partial charge in [-0.1, -0.05) is 54.2 Å². The molecule has 7 heteroatoms. The van der Waals surface area contributed by atoms with E-state index in [-0.39, 0.29) is 16.4 Å². The SMILES string of the molecule is C=C(c1nc(-c2ccccc2)no1)C(O)c1ccc(S(C)(=O)=O)cc1. The summed E-state index contributed by atoms with van der Waals surface area (Å²) in [6.07, 6.45) is 0.0404. The van der Waals surface area contributed by atoms with E-state index in [2.05, 4.69) is 16.7 Å². The number of hydrogen-bond acceptors (Lipinski definition) is 6. The van der Waals surface area contributed by atoms with E-state index >= 15 is 0 Å². The van der Waals surface area contributed by atoms with Gasteiger partial charge in [0, 0.05) is 17.4 Å². The molecule has 0 saturated heterocycles. The van der Waals surface area contributed by atoms with Crippen LogP contribution < -0.4 is 0 Å². The van der Waals surface area contributed by atoms with Gasteiger partial charge in [-0.25, -0.2) is 8.42 Å². The molecule has 1 atom stereocenters. The maximum Gasteiger partial charge on any atom is 0.256 e. The number of rotatable bonds is 5. The Kier molecular flexibility index (Phi) is 4.52. The molecule has 128 valence electrons. The first-order valence-corrected chi connectivity index (χ1v) is 9.32. The van der Waals surface area contributed by atoms with Crippen molar-refractivity contribution in [2.24, 2.45) is 0 Å². The van der Waals surface area contributed by atoms with Crippen LogP contribution in [-0.2, 0) is 9.84 Å². The van der Waals surface area contributed by atoms with E-state index in [4.69, 9.17) is 4.52 Å². The van der Waals surface area contributed by atoms with Crippen LogP contribution in [0.2, 0.25) is 0 Å². The third-order valence-electron chi connectivity index (χ3n) is 3.69. The standard InChI is InChI=1S/C18H16N2O4S/c1-12(16(21)13-8-10-15(11-9-13)25(2,22)23)18-19-17(20-24-18)14-6-4-3-5-7-14/h3-11,16,21H,1H2,2H3. The number of aliphatic hydroxyl groups is 1. The summed E-state index contributed by atoms with van der Waals surface area (Å²) in [6.45, 7) is 3.81. The molecule has 1 aromatic heterocycles. The molecular weight excluding hydrogens is 340 g/mol. The maximum atomic E-state index is 11.5. The van der Waals surface area contributed by atoms with Crippen molar-refractivity contribution < 1.29 is 18.0 Å². The molecule has 6 nitrogen and oxygen atoms in total. The van der Waals surface area contributed by atoms with Gasteiger partial charge in [0.2, 0.25) is 5.82 Å². The highest BCUT2D eigenvalue weighted by Crippen LogP contribution is 2.29. The smallest absolute Gasteiger partial charge is 0.256 e.